The predicted octanol–water partition coefficient (Wildman–Crippen LogP) is 4.33. The first-order valence-electron chi connectivity index (χ1n) is 8.01. The first-order valence-corrected chi connectivity index (χ1v) is 8.83. The number of nitrogens with zero attached hydrogens (tertiary/aromatic N) is 2. The number of hydrogen-bond acceptors (Lipinski definition) is 4. The third-order valence-electron chi connectivity index (χ3n) is 4.14. The second kappa shape index (κ2) is 7.36. The van der Waals surface area contributed by atoms with Gasteiger partial charge in [-0.3, -0.25) is 9.88 Å². The van der Waals surface area contributed by atoms with Crippen molar-refractivity contribution >= 4 is 11.3 Å². The fourth-order valence-corrected chi connectivity index (χ4v) is 4.06. The van der Waals surface area contributed by atoms with Crippen molar-refractivity contribution in [1.29, 1.82) is 0 Å². The second-order valence-corrected chi connectivity index (χ2v) is 7.30. The van der Waals surface area contributed by atoms with Gasteiger partial charge in [0.05, 0.1) is 11.8 Å². The van der Waals surface area contributed by atoms with Crippen LogP contribution in [-0.2, 0) is 17.8 Å². The van der Waals surface area contributed by atoms with Crippen LogP contribution in [0.1, 0.15) is 46.4 Å². The van der Waals surface area contributed by atoms with Crippen LogP contribution in [0.2, 0.25) is 0 Å². The third kappa shape index (κ3) is 3.94. The Labute approximate surface area is 137 Å². The minimum atomic E-state index is 0.329. The van der Waals surface area contributed by atoms with E-state index < -0.39 is 0 Å². The Morgan fingerprint density at radius 2 is 2.18 bits per heavy atom. The summed E-state index contributed by atoms with van der Waals surface area (Å²) in [4.78, 5) is 9.60. The van der Waals surface area contributed by atoms with Crippen molar-refractivity contribution in [3.63, 3.8) is 0 Å². The van der Waals surface area contributed by atoms with Crippen LogP contribution in [0.25, 0.3) is 0 Å². The molecule has 3 heterocycles. The zero-order valence-electron chi connectivity index (χ0n) is 13.4. The van der Waals surface area contributed by atoms with Gasteiger partial charge in [0.15, 0.2) is 0 Å². The molecule has 0 aliphatic carbocycles. The normalized spacial score (nSPS) is 18.8. The minimum absolute atomic E-state index is 0.329. The fourth-order valence-electron chi connectivity index (χ4n) is 2.88. The largest absolute Gasteiger partial charge is 0.373 e. The SMILES string of the molecule is Cc1cccnc1CN(C)Cc1ccc([C@@H]2CCCCO2)s1. The first kappa shape index (κ1) is 15.7. The van der Waals surface area contributed by atoms with E-state index in [1.165, 1.54) is 34.6 Å². The average molecular weight is 316 g/mol. The Morgan fingerprint density at radius 3 is 2.95 bits per heavy atom. The number of thiophene rings is 1. The molecule has 118 valence electrons. The molecule has 0 saturated carbocycles. The van der Waals surface area contributed by atoms with E-state index in [0.717, 1.165) is 25.4 Å². The molecule has 1 fully saturated rings. The lowest BCUT2D eigenvalue weighted by atomic mass is 10.1. The van der Waals surface area contributed by atoms with E-state index in [-0.39, 0.29) is 0 Å². The molecule has 0 radical (unpaired) electrons. The molecule has 3 nitrogen and oxygen atoms in total. The fraction of sp³-hybridized carbons (Fsp3) is 0.500. The standard InChI is InChI=1S/C18H24N2OS/c1-14-6-5-10-19-16(14)13-20(2)12-15-8-9-18(22-15)17-7-3-4-11-21-17/h5-6,8-10,17H,3-4,7,11-13H2,1-2H3/t17-/m0/s1. The van der Waals surface area contributed by atoms with Crippen molar-refractivity contribution in [1.82, 2.24) is 9.88 Å². The summed E-state index contributed by atoms with van der Waals surface area (Å²) in [5.41, 5.74) is 2.43. The van der Waals surface area contributed by atoms with Crippen molar-refractivity contribution in [2.45, 2.75) is 45.4 Å². The number of aromatic nitrogens is 1. The van der Waals surface area contributed by atoms with Crippen LogP contribution >= 0.6 is 11.3 Å². The summed E-state index contributed by atoms with van der Waals surface area (Å²) in [6, 6.07) is 8.62. The van der Waals surface area contributed by atoms with Gasteiger partial charge in [-0.2, -0.15) is 0 Å². The highest BCUT2D eigenvalue weighted by Crippen LogP contribution is 2.33. The van der Waals surface area contributed by atoms with Crippen LogP contribution in [0.3, 0.4) is 0 Å². The highest BCUT2D eigenvalue weighted by Gasteiger charge is 2.18. The Bertz CT molecular complexity index is 605. The van der Waals surface area contributed by atoms with E-state index in [1.807, 2.05) is 23.6 Å². The van der Waals surface area contributed by atoms with Crippen molar-refractivity contribution in [3.8, 4) is 0 Å². The molecule has 1 aliphatic rings. The molecule has 2 aromatic heterocycles. The van der Waals surface area contributed by atoms with E-state index in [9.17, 15) is 0 Å². The van der Waals surface area contributed by atoms with Crippen LogP contribution in [0, 0.1) is 6.92 Å². The molecule has 2 aromatic rings. The molecular formula is C18H24N2OS. The van der Waals surface area contributed by atoms with Crippen molar-refractivity contribution < 1.29 is 4.74 Å². The summed E-state index contributed by atoms with van der Waals surface area (Å²) in [5.74, 6) is 0. The molecule has 0 unspecified atom stereocenters. The van der Waals surface area contributed by atoms with Gasteiger partial charge in [0.25, 0.3) is 0 Å². The first-order chi connectivity index (χ1) is 10.7. The summed E-state index contributed by atoms with van der Waals surface area (Å²) in [7, 11) is 2.16. The van der Waals surface area contributed by atoms with E-state index >= 15 is 0 Å². The summed E-state index contributed by atoms with van der Waals surface area (Å²) in [6.07, 6.45) is 5.87. The molecule has 1 saturated heterocycles. The summed E-state index contributed by atoms with van der Waals surface area (Å²) in [6.45, 7) is 4.89. The third-order valence-corrected chi connectivity index (χ3v) is 5.30. The van der Waals surface area contributed by atoms with Gasteiger partial charge in [-0.1, -0.05) is 6.07 Å². The van der Waals surface area contributed by atoms with E-state index in [0.29, 0.717) is 6.10 Å². The maximum absolute atomic E-state index is 5.88. The van der Waals surface area contributed by atoms with Gasteiger partial charge in [-0.25, -0.2) is 0 Å². The number of aryl methyl sites for hydroxylation is 1. The van der Waals surface area contributed by atoms with Gasteiger partial charge in [0, 0.05) is 35.6 Å². The maximum Gasteiger partial charge on any atom is 0.0916 e. The Hall–Kier alpha value is -1.23. The van der Waals surface area contributed by atoms with Crippen LogP contribution in [0.15, 0.2) is 30.5 Å². The Kier molecular flexibility index (Phi) is 5.24. The summed E-state index contributed by atoms with van der Waals surface area (Å²) < 4.78 is 5.88. The summed E-state index contributed by atoms with van der Waals surface area (Å²) >= 11 is 1.90. The molecule has 1 aliphatic heterocycles. The van der Waals surface area contributed by atoms with E-state index in [2.05, 4.69) is 42.1 Å². The molecule has 0 N–H and O–H groups in total. The van der Waals surface area contributed by atoms with Crippen LogP contribution in [0.4, 0.5) is 0 Å². The van der Waals surface area contributed by atoms with E-state index in [4.69, 9.17) is 4.74 Å². The van der Waals surface area contributed by atoms with Crippen LogP contribution < -0.4 is 0 Å². The van der Waals surface area contributed by atoms with Crippen LogP contribution in [-0.4, -0.2) is 23.5 Å². The highest BCUT2D eigenvalue weighted by molar-refractivity contribution is 7.12. The molecule has 3 rings (SSSR count). The zero-order valence-corrected chi connectivity index (χ0v) is 14.2. The molecule has 0 aromatic carbocycles. The smallest absolute Gasteiger partial charge is 0.0916 e. The lowest BCUT2D eigenvalue weighted by molar-refractivity contribution is 0.0172. The average Bonchev–Trinajstić information content (AvgIpc) is 2.99. The Balaban J connectivity index is 1.58. The summed E-state index contributed by atoms with van der Waals surface area (Å²) in [5, 5.41) is 0. The highest BCUT2D eigenvalue weighted by atomic mass is 32.1. The number of rotatable bonds is 5. The lowest BCUT2D eigenvalue weighted by Crippen LogP contribution is -2.18. The monoisotopic (exact) mass is 316 g/mol. The van der Waals surface area contributed by atoms with E-state index in [1.54, 1.807) is 0 Å². The molecule has 1 atom stereocenters. The Morgan fingerprint density at radius 1 is 1.27 bits per heavy atom. The van der Waals surface area contributed by atoms with Gasteiger partial charge in [0.2, 0.25) is 0 Å². The van der Waals surface area contributed by atoms with Gasteiger partial charge in [-0.15, -0.1) is 11.3 Å². The molecule has 22 heavy (non-hydrogen) atoms. The van der Waals surface area contributed by atoms with Gasteiger partial charge in [0.1, 0.15) is 0 Å². The van der Waals surface area contributed by atoms with Crippen LogP contribution in [0.5, 0.6) is 0 Å². The maximum atomic E-state index is 5.88. The predicted molar refractivity (Wildman–Crippen MR) is 91.0 cm³/mol. The molecule has 4 heteroatoms. The van der Waals surface area contributed by atoms with Crippen molar-refractivity contribution in [3.05, 3.63) is 51.5 Å². The minimum Gasteiger partial charge on any atom is -0.373 e. The second-order valence-electron chi connectivity index (χ2n) is 6.10. The number of ether oxygens (including phenoxy) is 1. The number of pyridine rings is 1. The lowest BCUT2D eigenvalue weighted by Gasteiger charge is -2.21. The zero-order chi connectivity index (χ0) is 15.4. The molecule has 0 amide bonds. The quantitative estimate of drug-likeness (QED) is 0.821. The number of hydrogen-bond donors (Lipinski definition) is 0. The molecule has 0 bridgehead atoms. The van der Waals surface area contributed by atoms with Crippen molar-refractivity contribution in [2.24, 2.45) is 0 Å². The topological polar surface area (TPSA) is 25.4 Å². The van der Waals surface area contributed by atoms with Gasteiger partial charge >= 0.3 is 0 Å². The van der Waals surface area contributed by atoms with Crippen molar-refractivity contribution in [2.75, 3.05) is 13.7 Å². The van der Waals surface area contributed by atoms with Gasteiger partial charge in [-0.05, 0) is 57.0 Å². The van der Waals surface area contributed by atoms with Gasteiger partial charge < -0.3 is 4.74 Å². The molecule has 0 spiro atoms. The molecular weight excluding hydrogens is 292 g/mol.